The predicted molar refractivity (Wildman–Crippen MR) is 81.2 cm³/mol. The average Bonchev–Trinajstić information content (AvgIpc) is 2.51. The summed E-state index contributed by atoms with van der Waals surface area (Å²) in [6.45, 7) is 2.97. The molecule has 0 unspecified atom stereocenters. The van der Waals surface area contributed by atoms with Gasteiger partial charge in [0.2, 0.25) is 0 Å². The fraction of sp³-hybridized carbons (Fsp3) is 0.176. The van der Waals surface area contributed by atoms with Crippen molar-refractivity contribution in [2.75, 3.05) is 11.9 Å². The van der Waals surface area contributed by atoms with Gasteiger partial charge in [-0.05, 0) is 43.2 Å². The van der Waals surface area contributed by atoms with Gasteiger partial charge < -0.3 is 10.1 Å². The Kier molecular flexibility index (Phi) is 5.05. The van der Waals surface area contributed by atoms with Gasteiger partial charge in [-0.3, -0.25) is 4.79 Å². The molecule has 2 aromatic carbocycles. The number of carbonyl (C=O) groups excluding carboxylic acids is 2. The first-order valence-electron chi connectivity index (χ1n) is 6.87. The highest BCUT2D eigenvalue weighted by Crippen LogP contribution is 2.18. The van der Waals surface area contributed by atoms with Gasteiger partial charge in [0.1, 0.15) is 17.3 Å². The molecular weight excluding hydrogens is 304 g/mol. The molecular formula is C17H15F2NO3. The second-order valence-electron chi connectivity index (χ2n) is 4.97. The zero-order valence-corrected chi connectivity index (χ0v) is 12.7. The SMILES string of the molecule is Cc1cccc(C(=O)OCC(=O)Nc2c(F)cccc2F)c1C. The summed E-state index contributed by atoms with van der Waals surface area (Å²) >= 11 is 0. The van der Waals surface area contributed by atoms with Crippen molar-refractivity contribution < 1.29 is 23.1 Å². The van der Waals surface area contributed by atoms with Gasteiger partial charge >= 0.3 is 5.97 Å². The van der Waals surface area contributed by atoms with Crippen LogP contribution in [0, 0.1) is 25.5 Å². The summed E-state index contributed by atoms with van der Waals surface area (Å²) in [5, 5.41) is 2.05. The van der Waals surface area contributed by atoms with E-state index in [0.717, 1.165) is 23.3 Å². The molecule has 120 valence electrons. The van der Waals surface area contributed by atoms with Crippen molar-refractivity contribution in [3.05, 3.63) is 64.7 Å². The summed E-state index contributed by atoms with van der Waals surface area (Å²) in [4.78, 5) is 23.6. The Labute approximate surface area is 132 Å². The fourth-order valence-electron chi connectivity index (χ4n) is 1.97. The standard InChI is InChI=1S/C17H15F2NO3/c1-10-5-3-6-12(11(10)2)17(22)23-9-15(21)20-16-13(18)7-4-8-14(16)19/h3-8H,9H2,1-2H3,(H,20,21). The molecule has 0 saturated heterocycles. The van der Waals surface area contributed by atoms with Gasteiger partial charge in [0.15, 0.2) is 6.61 Å². The second kappa shape index (κ2) is 7.00. The van der Waals surface area contributed by atoms with Gasteiger partial charge in [-0.15, -0.1) is 0 Å². The molecule has 0 aliphatic rings. The summed E-state index contributed by atoms with van der Waals surface area (Å²) < 4.78 is 31.7. The first-order chi connectivity index (χ1) is 10.9. The molecule has 4 nitrogen and oxygen atoms in total. The molecule has 2 aromatic rings. The highest BCUT2D eigenvalue weighted by Gasteiger charge is 2.16. The summed E-state index contributed by atoms with van der Waals surface area (Å²) in [6, 6.07) is 8.34. The van der Waals surface area contributed by atoms with E-state index in [1.807, 2.05) is 18.3 Å². The number of halogens is 2. The van der Waals surface area contributed by atoms with Gasteiger partial charge in [-0.25, -0.2) is 13.6 Å². The number of aryl methyl sites for hydroxylation is 1. The number of ether oxygens (including phenoxy) is 1. The second-order valence-corrected chi connectivity index (χ2v) is 4.97. The Hall–Kier alpha value is -2.76. The molecule has 0 saturated carbocycles. The van der Waals surface area contributed by atoms with Crippen LogP contribution in [0.4, 0.5) is 14.5 Å². The number of anilines is 1. The molecule has 0 spiro atoms. The molecule has 1 N–H and O–H groups in total. The van der Waals surface area contributed by atoms with Gasteiger partial charge in [-0.2, -0.15) is 0 Å². The van der Waals surface area contributed by atoms with E-state index in [1.54, 1.807) is 19.1 Å². The predicted octanol–water partition coefficient (Wildman–Crippen LogP) is 3.38. The highest BCUT2D eigenvalue weighted by atomic mass is 19.1. The Bertz CT molecular complexity index is 739. The van der Waals surface area contributed by atoms with Crippen LogP contribution in [0.5, 0.6) is 0 Å². The lowest BCUT2D eigenvalue weighted by Crippen LogP contribution is -2.22. The Morgan fingerprint density at radius 3 is 2.30 bits per heavy atom. The van der Waals surface area contributed by atoms with Crippen LogP contribution in [0.2, 0.25) is 0 Å². The minimum absolute atomic E-state index is 0.342. The van der Waals surface area contributed by atoms with Gasteiger partial charge in [0.05, 0.1) is 5.56 Å². The van der Waals surface area contributed by atoms with E-state index in [1.165, 1.54) is 6.07 Å². The number of hydrogen-bond donors (Lipinski definition) is 1. The number of para-hydroxylation sites is 1. The molecule has 0 fully saturated rings. The molecule has 0 bridgehead atoms. The van der Waals surface area contributed by atoms with E-state index < -0.39 is 35.8 Å². The van der Waals surface area contributed by atoms with E-state index in [9.17, 15) is 18.4 Å². The van der Waals surface area contributed by atoms with E-state index in [4.69, 9.17) is 4.74 Å². The quantitative estimate of drug-likeness (QED) is 0.879. The molecule has 0 aliphatic carbocycles. The van der Waals surface area contributed by atoms with Crippen LogP contribution in [0.25, 0.3) is 0 Å². The number of esters is 1. The van der Waals surface area contributed by atoms with Crippen LogP contribution in [0.3, 0.4) is 0 Å². The minimum Gasteiger partial charge on any atom is -0.452 e. The summed E-state index contributed by atoms with van der Waals surface area (Å²) in [5.74, 6) is -3.30. The van der Waals surface area contributed by atoms with E-state index >= 15 is 0 Å². The van der Waals surface area contributed by atoms with Crippen molar-refractivity contribution in [2.45, 2.75) is 13.8 Å². The zero-order valence-electron chi connectivity index (χ0n) is 12.7. The lowest BCUT2D eigenvalue weighted by Gasteiger charge is -2.10. The first kappa shape index (κ1) is 16.6. The Balaban J connectivity index is 1.99. The van der Waals surface area contributed by atoms with Crippen LogP contribution >= 0.6 is 0 Å². The van der Waals surface area contributed by atoms with Crippen LogP contribution in [-0.4, -0.2) is 18.5 Å². The number of amides is 1. The molecule has 23 heavy (non-hydrogen) atoms. The van der Waals surface area contributed by atoms with Crippen molar-refractivity contribution in [3.8, 4) is 0 Å². The highest BCUT2D eigenvalue weighted by molar-refractivity contribution is 5.96. The molecule has 1 amide bonds. The number of carbonyl (C=O) groups is 2. The average molecular weight is 319 g/mol. The lowest BCUT2D eigenvalue weighted by molar-refractivity contribution is -0.119. The zero-order chi connectivity index (χ0) is 17.0. The third kappa shape index (κ3) is 3.91. The van der Waals surface area contributed by atoms with Crippen LogP contribution in [0.1, 0.15) is 21.5 Å². The van der Waals surface area contributed by atoms with E-state index in [0.29, 0.717) is 5.56 Å². The molecule has 0 aliphatic heterocycles. The molecule has 2 rings (SSSR count). The molecule has 0 atom stereocenters. The monoisotopic (exact) mass is 319 g/mol. The summed E-state index contributed by atoms with van der Waals surface area (Å²) in [5.41, 5.74) is 1.44. The Morgan fingerprint density at radius 1 is 1.04 bits per heavy atom. The minimum atomic E-state index is -0.904. The van der Waals surface area contributed by atoms with Gasteiger partial charge in [0.25, 0.3) is 5.91 Å². The maximum atomic E-state index is 13.4. The third-order valence-corrected chi connectivity index (χ3v) is 3.39. The van der Waals surface area contributed by atoms with Crippen molar-refractivity contribution in [1.82, 2.24) is 0 Å². The van der Waals surface area contributed by atoms with E-state index in [-0.39, 0.29) is 0 Å². The van der Waals surface area contributed by atoms with Crippen molar-refractivity contribution in [1.29, 1.82) is 0 Å². The maximum absolute atomic E-state index is 13.4. The fourth-order valence-corrected chi connectivity index (χ4v) is 1.97. The first-order valence-corrected chi connectivity index (χ1v) is 6.87. The molecule has 0 radical (unpaired) electrons. The number of benzene rings is 2. The topological polar surface area (TPSA) is 55.4 Å². The van der Waals surface area contributed by atoms with Crippen LogP contribution in [-0.2, 0) is 9.53 Å². The lowest BCUT2D eigenvalue weighted by atomic mass is 10.0. The smallest absolute Gasteiger partial charge is 0.338 e. The van der Waals surface area contributed by atoms with Crippen LogP contribution < -0.4 is 5.32 Å². The normalized spacial score (nSPS) is 10.3. The molecule has 6 heteroatoms. The van der Waals surface area contributed by atoms with Gasteiger partial charge in [0, 0.05) is 0 Å². The number of rotatable bonds is 4. The molecule has 0 heterocycles. The number of hydrogen-bond acceptors (Lipinski definition) is 3. The molecule has 0 aromatic heterocycles. The largest absolute Gasteiger partial charge is 0.452 e. The van der Waals surface area contributed by atoms with Crippen molar-refractivity contribution in [2.24, 2.45) is 0 Å². The maximum Gasteiger partial charge on any atom is 0.338 e. The van der Waals surface area contributed by atoms with Crippen LogP contribution in [0.15, 0.2) is 36.4 Å². The van der Waals surface area contributed by atoms with Gasteiger partial charge in [-0.1, -0.05) is 18.2 Å². The Morgan fingerprint density at radius 2 is 1.65 bits per heavy atom. The van der Waals surface area contributed by atoms with E-state index in [2.05, 4.69) is 0 Å². The number of nitrogens with one attached hydrogen (secondary N) is 1. The van der Waals surface area contributed by atoms with Crippen molar-refractivity contribution in [3.63, 3.8) is 0 Å². The van der Waals surface area contributed by atoms with Crippen molar-refractivity contribution >= 4 is 17.6 Å². The summed E-state index contributed by atoms with van der Waals surface area (Å²) in [7, 11) is 0. The third-order valence-electron chi connectivity index (χ3n) is 3.39. The summed E-state index contributed by atoms with van der Waals surface area (Å²) in [6.07, 6.45) is 0.